The lowest BCUT2D eigenvalue weighted by Gasteiger charge is -2.31. The van der Waals surface area contributed by atoms with Crippen LogP contribution in [0.25, 0.3) is 0 Å². The molecule has 172 valence electrons. The third kappa shape index (κ3) is 4.84. The normalized spacial score (nSPS) is 20.7. The van der Waals surface area contributed by atoms with E-state index >= 15 is 0 Å². The highest BCUT2D eigenvalue weighted by molar-refractivity contribution is 6.05. The average Bonchev–Trinajstić information content (AvgIpc) is 3.06. The first-order chi connectivity index (χ1) is 15.4. The van der Waals surface area contributed by atoms with E-state index in [9.17, 15) is 19.2 Å². The van der Waals surface area contributed by atoms with Gasteiger partial charge in [-0.25, -0.2) is 0 Å². The number of hydrogen-bond acceptors (Lipinski definition) is 5. The first kappa shape index (κ1) is 23.5. The molecule has 8 heteroatoms. The van der Waals surface area contributed by atoms with E-state index in [0.717, 1.165) is 5.56 Å². The summed E-state index contributed by atoms with van der Waals surface area (Å²) in [6.07, 6.45) is 5.42. The molecule has 1 aliphatic carbocycles. The number of amides is 4. The van der Waals surface area contributed by atoms with Gasteiger partial charge in [0.05, 0.1) is 18.9 Å². The molecule has 1 N–H and O–H groups in total. The van der Waals surface area contributed by atoms with Crippen molar-refractivity contribution in [1.82, 2.24) is 15.1 Å². The second kappa shape index (κ2) is 10.4. The zero-order chi connectivity index (χ0) is 23.3. The molecule has 8 nitrogen and oxygen atoms in total. The first-order valence-electron chi connectivity index (χ1n) is 11.0. The Morgan fingerprint density at radius 3 is 2.41 bits per heavy atom. The maximum atomic E-state index is 13.3. The van der Waals surface area contributed by atoms with Crippen LogP contribution in [0.3, 0.4) is 0 Å². The van der Waals surface area contributed by atoms with E-state index in [0.29, 0.717) is 25.0 Å². The number of hydrogen-bond donors (Lipinski definition) is 1. The number of likely N-dealkylation sites (N-methyl/N-ethyl adjacent to an activating group) is 1. The molecule has 1 unspecified atom stereocenters. The maximum absolute atomic E-state index is 13.3. The molecule has 3 rings (SSSR count). The predicted molar refractivity (Wildman–Crippen MR) is 118 cm³/mol. The lowest BCUT2D eigenvalue weighted by molar-refractivity contribution is -0.144. The fourth-order valence-electron chi connectivity index (χ4n) is 4.49. The number of allylic oxidation sites excluding steroid dienone is 2. The topological polar surface area (TPSA) is 96.0 Å². The monoisotopic (exact) mass is 441 g/mol. The first-order valence-corrected chi connectivity index (χ1v) is 11.0. The summed E-state index contributed by atoms with van der Waals surface area (Å²) >= 11 is 0. The van der Waals surface area contributed by atoms with Crippen LogP contribution in [0, 0.1) is 11.8 Å². The van der Waals surface area contributed by atoms with Crippen molar-refractivity contribution in [3.05, 3.63) is 42.0 Å². The van der Waals surface area contributed by atoms with Gasteiger partial charge in [-0.15, -0.1) is 0 Å². The number of fused-ring (bicyclic) bond motifs is 1. The van der Waals surface area contributed by atoms with Gasteiger partial charge in [-0.2, -0.15) is 0 Å². The number of nitrogens with one attached hydrogen (secondary N) is 1. The lowest BCUT2D eigenvalue weighted by Crippen LogP contribution is -2.49. The third-order valence-electron chi connectivity index (χ3n) is 6.27. The van der Waals surface area contributed by atoms with E-state index in [4.69, 9.17) is 4.74 Å². The van der Waals surface area contributed by atoms with Crippen LogP contribution in [0.2, 0.25) is 0 Å². The van der Waals surface area contributed by atoms with E-state index in [1.807, 2.05) is 43.3 Å². The predicted octanol–water partition coefficient (Wildman–Crippen LogP) is 1.89. The van der Waals surface area contributed by atoms with Crippen LogP contribution in [0.5, 0.6) is 5.75 Å². The molecular formula is C24H31N3O5. The van der Waals surface area contributed by atoms with E-state index in [2.05, 4.69) is 5.32 Å². The van der Waals surface area contributed by atoms with Gasteiger partial charge in [-0.1, -0.05) is 31.2 Å². The summed E-state index contributed by atoms with van der Waals surface area (Å²) in [6.45, 7) is 2.10. The molecule has 2 aliphatic rings. The van der Waals surface area contributed by atoms with Gasteiger partial charge in [0.25, 0.3) is 0 Å². The van der Waals surface area contributed by atoms with Gasteiger partial charge >= 0.3 is 0 Å². The molecule has 1 aromatic rings. The highest BCUT2D eigenvalue weighted by atomic mass is 16.5. The molecule has 0 radical (unpaired) electrons. The summed E-state index contributed by atoms with van der Waals surface area (Å²) in [4.78, 5) is 53.9. The average molecular weight is 442 g/mol. The van der Waals surface area contributed by atoms with Crippen molar-refractivity contribution in [2.75, 3.05) is 20.7 Å². The molecule has 0 bridgehead atoms. The fraction of sp³-hybridized carbons (Fsp3) is 0.500. The van der Waals surface area contributed by atoms with Crippen LogP contribution >= 0.6 is 0 Å². The van der Waals surface area contributed by atoms with Gasteiger partial charge in [-0.05, 0) is 37.0 Å². The Morgan fingerprint density at radius 1 is 1.19 bits per heavy atom. The Labute approximate surface area is 188 Å². The number of rotatable bonds is 9. The Kier molecular flexibility index (Phi) is 7.66. The van der Waals surface area contributed by atoms with Crippen molar-refractivity contribution >= 4 is 23.6 Å². The quantitative estimate of drug-likeness (QED) is 0.466. The van der Waals surface area contributed by atoms with E-state index in [1.165, 1.54) is 16.8 Å². The van der Waals surface area contributed by atoms with Gasteiger partial charge < -0.3 is 15.0 Å². The van der Waals surface area contributed by atoms with Crippen LogP contribution in [0.4, 0.5) is 0 Å². The zero-order valence-corrected chi connectivity index (χ0v) is 18.9. The van der Waals surface area contributed by atoms with Crippen molar-refractivity contribution in [2.45, 2.75) is 45.2 Å². The number of ether oxygens (including phenoxy) is 1. The summed E-state index contributed by atoms with van der Waals surface area (Å²) in [6, 6.07) is 6.67. The number of likely N-dealkylation sites (tertiary alicyclic amines) is 1. The van der Waals surface area contributed by atoms with Crippen LogP contribution in [0.1, 0.15) is 38.2 Å². The molecule has 0 spiro atoms. The molecule has 0 saturated carbocycles. The molecule has 0 aromatic heterocycles. The zero-order valence-electron chi connectivity index (χ0n) is 18.9. The van der Waals surface area contributed by atoms with Crippen molar-refractivity contribution in [3.8, 4) is 5.75 Å². The van der Waals surface area contributed by atoms with Crippen LogP contribution < -0.4 is 10.1 Å². The molecule has 32 heavy (non-hydrogen) atoms. The second-order valence-corrected chi connectivity index (χ2v) is 8.15. The van der Waals surface area contributed by atoms with Crippen molar-refractivity contribution in [1.29, 1.82) is 0 Å². The van der Waals surface area contributed by atoms with Crippen LogP contribution in [-0.4, -0.2) is 60.2 Å². The molecular weight excluding hydrogens is 410 g/mol. The number of carbonyl (C=O) groups excluding carboxylic acids is 4. The third-order valence-corrected chi connectivity index (χ3v) is 6.27. The van der Waals surface area contributed by atoms with Crippen LogP contribution in [-0.2, 0) is 25.7 Å². The maximum Gasteiger partial charge on any atom is 0.242 e. The summed E-state index contributed by atoms with van der Waals surface area (Å²) in [7, 11) is 3.11. The Bertz CT molecular complexity index is 887. The fourth-order valence-corrected chi connectivity index (χ4v) is 4.49. The van der Waals surface area contributed by atoms with Crippen molar-refractivity contribution in [2.24, 2.45) is 11.8 Å². The Hall–Kier alpha value is -3.16. The minimum Gasteiger partial charge on any atom is -0.497 e. The standard InChI is InChI=1S/C24H31N3O5/c1-4-20(22(29)25-2)27(15-16-8-7-9-17(14-16)32-3)21(28)12-13-26-23(30)18-10-5-6-11-19(18)24(26)31/h5-9,14,18-20H,4,10-13,15H2,1-3H3,(H,25,29)/t18-,19+,20?. The minimum absolute atomic E-state index is 0.0260. The highest BCUT2D eigenvalue weighted by Crippen LogP contribution is 2.35. The minimum atomic E-state index is -0.657. The number of benzene rings is 1. The Balaban J connectivity index is 1.75. The molecule has 1 aliphatic heterocycles. The molecule has 1 heterocycles. The number of imide groups is 1. The molecule has 1 aromatic carbocycles. The van der Waals surface area contributed by atoms with Gasteiger partial charge in [0.15, 0.2) is 0 Å². The Morgan fingerprint density at radius 2 is 1.84 bits per heavy atom. The smallest absolute Gasteiger partial charge is 0.242 e. The molecule has 3 atom stereocenters. The summed E-state index contributed by atoms with van der Waals surface area (Å²) < 4.78 is 5.27. The highest BCUT2D eigenvalue weighted by Gasteiger charge is 2.47. The lowest BCUT2D eigenvalue weighted by atomic mass is 9.85. The number of carbonyl (C=O) groups is 4. The summed E-state index contributed by atoms with van der Waals surface area (Å²) in [5.74, 6) is -0.905. The van der Waals surface area contributed by atoms with E-state index in [1.54, 1.807) is 7.11 Å². The van der Waals surface area contributed by atoms with Gasteiger partial charge in [0, 0.05) is 26.6 Å². The SMILES string of the molecule is CCC(C(=O)NC)N(Cc1cccc(OC)c1)C(=O)CCN1C(=O)[C@H]2CC=CC[C@H]2C1=O. The van der Waals surface area contributed by atoms with Crippen molar-refractivity contribution < 1.29 is 23.9 Å². The van der Waals surface area contributed by atoms with Crippen molar-refractivity contribution in [3.63, 3.8) is 0 Å². The number of nitrogens with zero attached hydrogens (tertiary/aromatic N) is 2. The largest absolute Gasteiger partial charge is 0.497 e. The summed E-state index contributed by atoms with van der Waals surface area (Å²) in [5.41, 5.74) is 0.825. The molecule has 1 saturated heterocycles. The molecule has 1 fully saturated rings. The summed E-state index contributed by atoms with van der Waals surface area (Å²) in [5, 5.41) is 2.62. The van der Waals surface area contributed by atoms with E-state index in [-0.39, 0.29) is 55.0 Å². The van der Waals surface area contributed by atoms with Gasteiger partial charge in [-0.3, -0.25) is 24.1 Å². The second-order valence-electron chi connectivity index (χ2n) is 8.15. The van der Waals surface area contributed by atoms with Crippen LogP contribution in [0.15, 0.2) is 36.4 Å². The van der Waals surface area contributed by atoms with E-state index < -0.39 is 6.04 Å². The van der Waals surface area contributed by atoms with Gasteiger partial charge in [0.1, 0.15) is 11.8 Å². The molecule has 4 amide bonds. The number of methoxy groups -OCH3 is 1. The van der Waals surface area contributed by atoms with Gasteiger partial charge in [0.2, 0.25) is 23.6 Å².